The molecular weight excluding hydrogens is 318 g/mol. The summed E-state index contributed by atoms with van der Waals surface area (Å²) in [5.41, 5.74) is -0.0947. The Bertz CT molecular complexity index is 725. The fourth-order valence-electron chi connectivity index (χ4n) is 2.61. The summed E-state index contributed by atoms with van der Waals surface area (Å²) in [5.74, 6) is 0.827. The molecule has 0 spiro atoms. The van der Waals surface area contributed by atoms with Crippen LogP contribution >= 0.6 is 12.4 Å². The van der Waals surface area contributed by atoms with Gasteiger partial charge in [0.2, 0.25) is 0 Å². The van der Waals surface area contributed by atoms with Gasteiger partial charge in [-0.2, -0.15) is 0 Å². The van der Waals surface area contributed by atoms with Gasteiger partial charge < -0.3 is 19.2 Å². The summed E-state index contributed by atoms with van der Waals surface area (Å²) in [5, 5.41) is 3.30. The van der Waals surface area contributed by atoms with Crippen molar-refractivity contribution >= 4 is 18.3 Å². The molecule has 6 nitrogen and oxygen atoms in total. The molecular formula is C16H20ClN3O3. The Kier molecular flexibility index (Phi) is 5.63. The molecule has 7 heteroatoms. The number of hydrogen-bond donors (Lipinski definition) is 1. The van der Waals surface area contributed by atoms with Gasteiger partial charge in [-0.25, -0.2) is 0 Å². The number of furan rings is 1. The molecule has 0 saturated carbocycles. The zero-order valence-electron chi connectivity index (χ0n) is 12.9. The highest BCUT2D eigenvalue weighted by Gasteiger charge is 2.23. The lowest BCUT2D eigenvalue weighted by molar-refractivity contribution is 0.0675. The first kappa shape index (κ1) is 17.3. The average Bonchev–Trinajstić information content (AvgIpc) is 2.97. The van der Waals surface area contributed by atoms with E-state index in [0.717, 1.165) is 6.54 Å². The first-order valence-corrected chi connectivity index (χ1v) is 7.40. The molecule has 1 amide bonds. The Morgan fingerprint density at radius 1 is 1.35 bits per heavy atom. The van der Waals surface area contributed by atoms with Crippen LogP contribution < -0.4 is 10.9 Å². The zero-order chi connectivity index (χ0) is 15.5. The van der Waals surface area contributed by atoms with Crippen molar-refractivity contribution in [2.45, 2.75) is 19.5 Å². The molecule has 1 atom stereocenters. The van der Waals surface area contributed by atoms with Crippen molar-refractivity contribution < 1.29 is 9.21 Å². The second-order valence-electron chi connectivity index (χ2n) is 5.54. The molecule has 23 heavy (non-hydrogen) atoms. The quantitative estimate of drug-likeness (QED) is 0.918. The Hall–Kier alpha value is -2.05. The first-order chi connectivity index (χ1) is 10.6. The normalized spacial score (nSPS) is 17.6. The highest BCUT2D eigenvalue weighted by atomic mass is 35.5. The van der Waals surface area contributed by atoms with E-state index < -0.39 is 0 Å². The molecule has 0 aromatic carbocycles. The van der Waals surface area contributed by atoms with Crippen LogP contribution in [-0.4, -0.2) is 41.1 Å². The standard InChI is InChI=1S/C16H19N3O3.ClH/c1-12-10-19(9-7-17-12)16(21)14-6-5-13(22-14)11-18-8-3-2-4-15(18)20;/h2-6,8,12,17H,7,9-11H2,1H3;1H. The van der Waals surface area contributed by atoms with Crippen molar-refractivity contribution in [3.05, 3.63) is 58.4 Å². The topological polar surface area (TPSA) is 67.5 Å². The Balaban J connectivity index is 0.00000192. The molecule has 124 valence electrons. The SMILES string of the molecule is CC1CN(C(=O)c2ccc(Cn3ccccc3=O)o2)CCN1.Cl. The molecule has 1 N–H and O–H groups in total. The predicted molar refractivity (Wildman–Crippen MR) is 89.1 cm³/mol. The van der Waals surface area contributed by atoms with Crippen LogP contribution in [0.2, 0.25) is 0 Å². The third-order valence-electron chi connectivity index (χ3n) is 3.75. The molecule has 2 aromatic rings. The summed E-state index contributed by atoms with van der Waals surface area (Å²) in [6, 6.07) is 8.70. The summed E-state index contributed by atoms with van der Waals surface area (Å²) in [4.78, 5) is 25.9. The van der Waals surface area contributed by atoms with Crippen LogP contribution in [0, 0.1) is 0 Å². The van der Waals surface area contributed by atoms with Crippen LogP contribution in [-0.2, 0) is 6.54 Å². The number of rotatable bonds is 3. The Labute approximate surface area is 140 Å². The molecule has 3 rings (SSSR count). The number of pyridine rings is 1. The van der Waals surface area contributed by atoms with Gasteiger partial charge in [0.25, 0.3) is 11.5 Å². The lowest BCUT2D eigenvalue weighted by Gasteiger charge is -2.31. The maximum absolute atomic E-state index is 12.4. The maximum atomic E-state index is 12.4. The summed E-state index contributed by atoms with van der Waals surface area (Å²) in [6.07, 6.45) is 1.70. The number of piperazine rings is 1. The van der Waals surface area contributed by atoms with Crippen LogP contribution in [0.1, 0.15) is 23.2 Å². The van der Waals surface area contributed by atoms with E-state index in [1.807, 2.05) is 0 Å². The third-order valence-corrected chi connectivity index (χ3v) is 3.75. The fourth-order valence-corrected chi connectivity index (χ4v) is 2.61. The number of hydrogen-bond acceptors (Lipinski definition) is 4. The summed E-state index contributed by atoms with van der Waals surface area (Å²) in [6.45, 7) is 4.52. The maximum Gasteiger partial charge on any atom is 0.289 e. The smallest absolute Gasteiger partial charge is 0.289 e. The number of carbonyl (C=O) groups is 1. The molecule has 0 bridgehead atoms. The number of carbonyl (C=O) groups excluding carboxylic acids is 1. The predicted octanol–water partition coefficient (Wildman–Crippen LogP) is 1.35. The molecule has 1 aliphatic rings. The number of amides is 1. The van der Waals surface area contributed by atoms with Gasteiger partial charge in [-0.05, 0) is 25.1 Å². The minimum absolute atomic E-state index is 0. The Morgan fingerprint density at radius 2 is 2.17 bits per heavy atom. The van der Waals surface area contributed by atoms with Gasteiger partial charge in [0.1, 0.15) is 5.76 Å². The molecule has 1 unspecified atom stereocenters. The zero-order valence-corrected chi connectivity index (χ0v) is 13.7. The van der Waals surface area contributed by atoms with E-state index in [4.69, 9.17) is 4.42 Å². The second kappa shape index (κ2) is 7.48. The molecule has 1 aliphatic heterocycles. The van der Waals surface area contributed by atoms with Gasteiger partial charge in [0.05, 0.1) is 6.54 Å². The largest absolute Gasteiger partial charge is 0.454 e. The second-order valence-corrected chi connectivity index (χ2v) is 5.54. The minimum atomic E-state index is -0.0972. The van der Waals surface area contributed by atoms with E-state index in [0.29, 0.717) is 31.2 Å². The fraction of sp³-hybridized carbons (Fsp3) is 0.375. The summed E-state index contributed by atoms with van der Waals surface area (Å²) < 4.78 is 7.16. The first-order valence-electron chi connectivity index (χ1n) is 7.40. The van der Waals surface area contributed by atoms with Gasteiger partial charge in [0.15, 0.2) is 5.76 Å². The molecule has 1 saturated heterocycles. The van der Waals surface area contributed by atoms with Crippen LogP contribution in [0.15, 0.2) is 45.7 Å². The summed E-state index contributed by atoms with van der Waals surface area (Å²) >= 11 is 0. The number of aromatic nitrogens is 1. The molecule has 3 heterocycles. The van der Waals surface area contributed by atoms with Crippen LogP contribution in [0.4, 0.5) is 0 Å². The van der Waals surface area contributed by atoms with Crippen molar-refractivity contribution in [2.75, 3.05) is 19.6 Å². The number of halogens is 1. The lowest BCUT2D eigenvalue weighted by atomic mass is 10.2. The van der Waals surface area contributed by atoms with E-state index in [9.17, 15) is 9.59 Å². The minimum Gasteiger partial charge on any atom is -0.454 e. The van der Waals surface area contributed by atoms with E-state index in [2.05, 4.69) is 12.2 Å². The van der Waals surface area contributed by atoms with Crippen LogP contribution in [0.25, 0.3) is 0 Å². The van der Waals surface area contributed by atoms with E-state index in [-0.39, 0.29) is 29.9 Å². The van der Waals surface area contributed by atoms with Gasteiger partial charge in [-0.15, -0.1) is 12.4 Å². The van der Waals surface area contributed by atoms with Gasteiger partial charge >= 0.3 is 0 Å². The van der Waals surface area contributed by atoms with Crippen molar-refractivity contribution in [1.29, 1.82) is 0 Å². The van der Waals surface area contributed by atoms with Crippen molar-refractivity contribution in [3.8, 4) is 0 Å². The van der Waals surface area contributed by atoms with E-state index in [1.165, 1.54) is 6.07 Å². The van der Waals surface area contributed by atoms with Gasteiger partial charge in [-0.1, -0.05) is 6.07 Å². The third kappa shape index (κ3) is 4.03. The molecule has 1 fully saturated rings. The van der Waals surface area contributed by atoms with Crippen LogP contribution in [0.3, 0.4) is 0 Å². The van der Waals surface area contributed by atoms with Crippen molar-refractivity contribution in [3.63, 3.8) is 0 Å². The number of nitrogens with zero attached hydrogens (tertiary/aromatic N) is 2. The average molecular weight is 338 g/mol. The van der Waals surface area contributed by atoms with Gasteiger partial charge in [-0.3, -0.25) is 9.59 Å². The number of nitrogens with one attached hydrogen (secondary N) is 1. The summed E-state index contributed by atoms with van der Waals surface area (Å²) in [7, 11) is 0. The Morgan fingerprint density at radius 3 is 2.91 bits per heavy atom. The highest BCUT2D eigenvalue weighted by molar-refractivity contribution is 5.91. The monoisotopic (exact) mass is 337 g/mol. The van der Waals surface area contributed by atoms with Crippen molar-refractivity contribution in [1.82, 2.24) is 14.8 Å². The van der Waals surface area contributed by atoms with E-state index >= 15 is 0 Å². The van der Waals surface area contributed by atoms with Gasteiger partial charge in [0, 0.05) is 37.9 Å². The van der Waals surface area contributed by atoms with Crippen LogP contribution in [0.5, 0.6) is 0 Å². The molecule has 0 aliphatic carbocycles. The molecule has 2 aromatic heterocycles. The molecule has 0 radical (unpaired) electrons. The highest BCUT2D eigenvalue weighted by Crippen LogP contribution is 2.13. The van der Waals surface area contributed by atoms with Crippen molar-refractivity contribution in [2.24, 2.45) is 0 Å². The lowest BCUT2D eigenvalue weighted by Crippen LogP contribution is -2.51. The van der Waals surface area contributed by atoms with E-state index in [1.54, 1.807) is 39.9 Å².